The second kappa shape index (κ2) is 6.85. The molecule has 0 bridgehead atoms. The van der Waals surface area contributed by atoms with Crippen LogP contribution in [0.25, 0.3) is 11.1 Å². The topological polar surface area (TPSA) is 3.24 Å². The molecule has 0 amide bonds. The zero-order chi connectivity index (χ0) is 16.1. The summed E-state index contributed by atoms with van der Waals surface area (Å²) in [7, 11) is 4.08. The number of nitrogens with zero attached hydrogens (tertiary/aromatic N) is 1. The molecule has 0 aliphatic carbocycles. The number of anilines is 1. The normalized spacial score (nSPS) is 9.83. The Balaban J connectivity index is 2.04. The van der Waals surface area contributed by atoms with Gasteiger partial charge in [0, 0.05) is 25.2 Å². The van der Waals surface area contributed by atoms with E-state index in [9.17, 15) is 0 Å². The fourth-order valence-electron chi connectivity index (χ4n) is 2.57. The molecule has 0 saturated carbocycles. The Morgan fingerprint density at radius 3 is 1.91 bits per heavy atom. The summed E-state index contributed by atoms with van der Waals surface area (Å²) in [5.41, 5.74) is 5.59. The van der Waals surface area contributed by atoms with E-state index in [0.717, 1.165) is 16.8 Å². The van der Waals surface area contributed by atoms with Crippen LogP contribution in [0.5, 0.6) is 0 Å². The highest BCUT2D eigenvalue weighted by molar-refractivity contribution is 5.72. The molecular weight excluding hydrogens is 278 g/mol. The third-order valence-electron chi connectivity index (χ3n) is 3.73. The second-order valence-corrected chi connectivity index (χ2v) is 5.57. The lowest BCUT2D eigenvalue weighted by Crippen LogP contribution is -2.10. The quantitative estimate of drug-likeness (QED) is 0.613. The molecule has 1 heteroatoms. The fourth-order valence-corrected chi connectivity index (χ4v) is 2.57. The minimum atomic E-state index is 1.04. The Morgan fingerprint density at radius 1 is 0.609 bits per heavy atom. The Kier molecular flexibility index (Phi) is 4.45. The van der Waals surface area contributed by atoms with Crippen LogP contribution in [0.2, 0.25) is 0 Å². The summed E-state index contributed by atoms with van der Waals surface area (Å²) >= 11 is 0. The number of benzene rings is 3. The summed E-state index contributed by atoms with van der Waals surface area (Å²) in [5, 5.41) is 0. The third kappa shape index (κ3) is 3.44. The maximum atomic E-state index is 3.35. The summed E-state index contributed by atoms with van der Waals surface area (Å²) in [5.74, 6) is 6.68. The highest BCUT2D eigenvalue weighted by Crippen LogP contribution is 2.23. The van der Waals surface area contributed by atoms with Crippen LogP contribution in [-0.4, -0.2) is 14.1 Å². The van der Waals surface area contributed by atoms with Gasteiger partial charge in [0.05, 0.1) is 5.69 Å². The van der Waals surface area contributed by atoms with E-state index in [1.807, 2.05) is 38.4 Å². The molecule has 0 fully saturated rings. The van der Waals surface area contributed by atoms with Gasteiger partial charge < -0.3 is 4.90 Å². The van der Waals surface area contributed by atoms with Gasteiger partial charge in [-0.15, -0.1) is 0 Å². The van der Waals surface area contributed by atoms with Gasteiger partial charge in [0.25, 0.3) is 0 Å². The average molecular weight is 297 g/mol. The van der Waals surface area contributed by atoms with E-state index < -0.39 is 0 Å². The Labute approximate surface area is 138 Å². The van der Waals surface area contributed by atoms with Crippen molar-refractivity contribution in [3.63, 3.8) is 0 Å². The van der Waals surface area contributed by atoms with Gasteiger partial charge in [-0.2, -0.15) is 0 Å². The Morgan fingerprint density at radius 2 is 1.17 bits per heavy atom. The van der Waals surface area contributed by atoms with Crippen LogP contribution in [0.3, 0.4) is 0 Å². The van der Waals surface area contributed by atoms with Crippen LogP contribution >= 0.6 is 0 Å². The number of rotatable bonds is 2. The Hall–Kier alpha value is -2.98. The van der Waals surface area contributed by atoms with E-state index in [1.165, 1.54) is 11.1 Å². The summed E-state index contributed by atoms with van der Waals surface area (Å²) in [6.45, 7) is 0. The smallest absolute Gasteiger partial charge is 0.0520 e. The van der Waals surface area contributed by atoms with Gasteiger partial charge in [-0.1, -0.05) is 72.5 Å². The van der Waals surface area contributed by atoms with Gasteiger partial charge in [-0.05, 0) is 29.3 Å². The first-order valence-corrected chi connectivity index (χ1v) is 7.68. The van der Waals surface area contributed by atoms with Crippen LogP contribution in [0, 0.1) is 11.8 Å². The van der Waals surface area contributed by atoms with Crippen LogP contribution in [0.15, 0.2) is 78.9 Å². The number of hydrogen-bond donors (Lipinski definition) is 0. The van der Waals surface area contributed by atoms with E-state index in [0.29, 0.717) is 0 Å². The predicted octanol–water partition coefficient (Wildman–Crippen LogP) is 4.82. The Bertz CT molecular complexity index is 852. The lowest BCUT2D eigenvalue weighted by molar-refractivity contribution is 1.13. The zero-order valence-electron chi connectivity index (χ0n) is 13.5. The molecular formula is C22H19N. The van der Waals surface area contributed by atoms with E-state index in [1.54, 1.807) is 0 Å². The first-order valence-electron chi connectivity index (χ1n) is 7.68. The minimum absolute atomic E-state index is 1.04. The molecule has 3 aromatic carbocycles. The molecule has 3 aromatic rings. The largest absolute Gasteiger partial charge is 0.377 e. The molecule has 112 valence electrons. The van der Waals surface area contributed by atoms with Crippen molar-refractivity contribution in [3.8, 4) is 23.0 Å². The zero-order valence-corrected chi connectivity index (χ0v) is 13.5. The van der Waals surface area contributed by atoms with Crippen molar-refractivity contribution in [1.82, 2.24) is 0 Å². The van der Waals surface area contributed by atoms with Crippen molar-refractivity contribution in [2.75, 3.05) is 19.0 Å². The monoisotopic (exact) mass is 297 g/mol. The second-order valence-electron chi connectivity index (χ2n) is 5.57. The van der Waals surface area contributed by atoms with Crippen LogP contribution in [0.1, 0.15) is 11.1 Å². The van der Waals surface area contributed by atoms with Crippen LogP contribution in [0.4, 0.5) is 5.69 Å². The van der Waals surface area contributed by atoms with Gasteiger partial charge in [0.15, 0.2) is 0 Å². The predicted molar refractivity (Wildman–Crippen MR) is 98.6 cm³/mol. The fraction of sp³-hybridized carbons (Fsp3) is 0.0909. The SMILES string of the molecule is CN(C)c1ccccc1C#Cc1ccccc1-c1ccccc1. The van der Waals surface area contributed by atoms with E-state index in [2.05, 4.69) is 71.3 Å². The lowest BCUT2D eigenvalue weighted by atomic mass is 10.00. The summed E-state index contributed by atoms with van der Waals surface area (Å²) < 4.78 is 0. The molecule has 0 saturated heterocycles. The summed E-state index contributed by atoms with van der Waals surface area (Å²) in [6.07, 6.45) is 0. The average Bonchev–Trinajstić information content (AvgIpc) is 2.61. The number of hydrogen-bond acceptors (Lipinski definition) is 1. The van der Waals surface area contributed by atoms with Gasteiger partial charge in [0.2, 0.25) is 0 Å². The standard InChI is InChI=1S/C22H19N/c1-23(2)22-15-9-7-13-20(22)17-16-19-12-6-8-14-21(19)18-10-4-3-5-11-18/h3-15H,1-2H3. The van der Waals surface area contributed by atoms with Gasteiger partial charge in [-0.25, -0.2) is 0 Å². The third-order valence-corrected chi connectivity index (χ3v) is 3.73. The van der Waals surface area contributed by atoms with Crippen molar-refractivity contribution >= 4 is 5.69 Å². The van der Waals surface area contributed by atoms with E-state index in [-0.39, 0.29) is 0 Å². The van der Waals surface area contributed by atoms with Crippen LogP contribution in [-0.2, 0) is 0 Å². The molecule has 0 radical (unpaired) electrons. The lowest BCUT2D eigenvalue weighted by Gasteiger charge is -2.14. The number of para-hydroxylation sites is 1. The molecule has 23 heavy (non-hydrogen) atoms. The van der Waals surface area contributed by atoms with Crippen molar-refractivity contribution in [3.05, 3.63) is 90.0 Å². The van der Waals surface area contributed by atoms with E-state index >= 15 is 0 Å². The minimum Gasteiger partial charge on any atom is -0.377 e. The first-order chi connectivity index (χ1) is 11.3. The summed E-state index contributed by atoms with van der Waals surface area (Å²) in [6, 6.07) is 26.9. The molecule has 0 aromatic heterocycles. The van der Waals surface area contributed by atoms with E-state index in [4.69, 9.17) is 0 Å². The first kappa shape index (κ1) is 14.9. The van der Waals surface area contributed by atoms with Gasteiger partial charge in [0.1, 0.15) is 0 Å². The van der Waals surface area contributed by atoms with Gasteiger partial charge in [-0.3, -0.25) is 0 Å². The molecule has 0 aliphatic heterocycles. The van der Waals surface area contributed by atoms with Crippen molar-refractivity contribution in [1.29, 1.82) is 0 Å². The molecule has 0 spiro atoms. The molecule has 0 unspecified atom stereocenters. The van der Waals surface area contributed by atoms with Gasteiger partial charge >= 0.3 is 0 Å². The summed E-state index contributed by atoms with van der Waals surface area (Å²) in [4.78, 5) is 2.09. The highest BCUT2D eigenvalue weighted by Gasteiger charge is 2.03. The molecule has 0 N–H and O–H groups in total. The van der Waals surface area contributed by atoms with Crippen molar-refractivity contribution in [2.24, 2.45) is 0 Å². The maximum absolute atomic E-state index is 3.35. The van der Waals surface area contributed by atoms with Crippen LogP contribution < -0.4 is 4.90 Å². The molecule has 0 aliphatic rings. The van der Waals surface area contributed by atoms with Crippen molar-refractivity contribution in [2.45, 2.75) is 0 Å². The molecule has 3 rings (SSSR count). The molecule has 0 atom stereocenters. The maximum Gasteiger partial charge on any atom is 0.0520 e. The van der Waals surface area contributed by atoms with Crippen molar-refractivity contribution < 1.29 is 0 Å². The highest BCUT2D eigenvalue weighted by atomic mass is 15.1. The molecule has 0 heterocycles. The molecule has 1 nitrogen and oxygen atoms in total.